The molecule has 1 aromatic heterocycles. The first kappa shape index (κ1) is 25.4. The Hall–Kier alpha value is -4.73. The molecular formula is C34H33N3+2. The van der Waals surface area contributed by atoms with E-state index in [9.17, 15) is 0 Å². The van der Waals surface area contributed by atoms with Gasteiger partial charge in [-0.3, -0.25) is 0 Å². The Morgan fingerprint density at radius 3 is 1.92 bits per heavy atom. The number of hydrogen-bond donors (Lipinski definition) is 1. The number of nitrogens with one attached hydrogen (secondary N) is 1. The van der Waals surface area contributed by atoms with E-state index >= 15 is 0 Å². The number of aromatic amines is 1. The summed E-state index contributed by atoms with van der Waals surface area (Å²) >= 11 is 0. The maximum atomic E-state index is 3.71. The van der Waals surface area contributed by atoms with Crippen LogP contribution >= 0.6 is 0 Å². The zero-order valence-electron chi connectivity index (χ0n) is 21.2. The van der Waals surface area contributed by atoms with Crippen LogP contribution in [0.5, 0.6) is 0 Å². The number of aromatic nitrogens is 1. The average molecular weight is 484 g/mol. The number of benzene rings is 3. The number of likely N-dealkylation sites (N-methyl/N-ethyl adjacent to an activating group) is 1. The van der Waals surface area contributed by atoms with Gasteiger partial charge < -0.3 is 10.2 Å². The van der Waals surface area contributed by atoms with Crippen LogP contribution in [0.15, 0.2) is 146 Å². The van der Waals surface area contributed by atoms with Crippen LogP contribution in [0.4, 0.5) is 17.1 Å². The lowest BCUT2D eigenvalue weighted by Crippen LogP contribution is -2.76. The van der Waals surface area contributed by atoms with Gasteiger partial charge in [0, 0.05) is 35.3 Å². The van der Waals surface area contributed by atoms with Crippen molar-refractivity contribution >= 4 is 35.3 Å². The molecule has 0 bridgehead atoms. The fourth-order valence-electron chi connectivity index (χ4n) is 3.88. The SMILES string of the molecule is C=C\C=C/C=C(/C=C/c1ccc(N(c2ccccc2)c2ccc(/C=C/c3cccc[nH+]3)cc2)cc1)[NH2+]C. The van der Waals surface area contributed by atoms with E-state index < -0.39 is 0 Å². The number of nitrogens with two attached hydrogens (primary N) is 1. The Labute approximate surface area is 220 Å². The number of anilines is 3. The summed E-state index contributed by atoms with van der Waals surface area (Å²) in [6.45, 7) is 3.71. The van der Waals surface area contributed by atoms with Crippen molar-refractivity contribution in [3.63, 3.8) is 0 Å². The summed E-state index contributed by atoms with van der Waals surface area (Å²) in [5.41, 5.74) is 7.85. The van der Waals surface area contributed by atoms with Crippen molar-refractivity contribution in [2.75, 3.05) is 11.9 Å². The number of H-pyrrole nitrogens is 1. The Kier molecular flexibility index (Phi) is 9.17. The van der Waals surface area contributed by atoms with Gasteiger partial charge in [0.1, 0.15) is 5.70 Å². The van der Waals surface area contributed by atoms with Gasteiger partial charge in [-0.15, -0.1) is 0 Å². The molecule has 0 aliphatic rings. The molecule has 1 heterocycles. The monoisotopic (exact) mass is 483 g/mol. The van der Waals surface area contributed by atoms with Gasteiger partial charge in [-0.05, 0) is 77.9 Å². The molecule has 0 radical (unpaired) electrons. The second-order valence-corrected chi connectivity index (χ2v) is 8.41. The van der Waals surface area contributed by atoms with E-state index in [2.05, 4.69) is 131 Å². The molecule has 0 amide bonds. The lowest BCUT2D eigenvalue weighted by atomic mass is 10.1. The number of hydrogen-bond acceptors (Lipinski definition) is 1. The quantitative estimate of drug-likeness (QED) is 0.243. The van der Waals surface area contributed by atoms with E-state index in [1.165, 1.54) is 0 Å². The molecule has 0 fully saturated rings. The molecule has 0 atom stereocenters. The molecule has 0 unspecified atom stereocenters. The van der Waals surface area contributed by atoms with Crippen LogP contribution in [-0.2, 0) is 0 Å². The number of allylic oxidation sites excluding steroid dienone is 5. The zero-order valence-corrected chi connectivity index (χ0v) is 21.2. The first-order valence-corrected chi connectivity index (χ1v) is 12.4. The van der Waals surface area contributed by atoms with Gasteiger partial charge in [-0.2, -0.15) is 0 Å². The third-order valence-electron chi connectivity index (χ3n) is 5.84. The molecule has 4 rings (SSSR count). The molecule has 0 aliphatic heterocycles. The number of para-hydroxylation sites is 1. The van der Waals surface area contributed by atoms with Gasteiger partial charge in [0.25, 0.3) is 0 Å². The minimum absolute atomic E-state index is 1.07. The highest BCUT2D eigenvalue weighted by molar-refractivity contribution is 5.78. The van der Waals surface area contributed by atoms with Crippen LogP contribution in [0.2, 0.25) is 0 Å². The maximum absolute atomic E-state index is 3.71. The van der Waals surface area contributed by atoms with Gasteiger partial charge in [-0.1, -0.05) is 67.3 Å². The summed E-state index contributed by atoms with van der Waals surface area (Å²) in [4.78, 5) is 5.51. The molecule has 0 saturated heterocycles. The molecule has 3 N–H and O–H groups in total. The second-order valence-electron chi connectivity index (χ2n) is 8.41. The van der Waals surface area contributed by atoms with E-state index in [1.807, 2.05) is 43.6 Å². The number of pyridine rings is 1. The highest BCUT2D eigenvalue weighted by atomic mass is 15.1. The van der Waals surface area contributed by atoms with E-state index in [0.717, 1.165) is 39.6 Å². The van der Waals surface area contributed by atoms with E-state index in [1.54, 1.807) is 6.08 Å². The van der Waals surface area contributed by atoms with Gasteiger partial charge in [0.15, 0.2) is 6.20 Å². The predicted octanol–water partition coefficient (Wildman–Crippen LogP) is 6.97. The number of rotatable bonds is 10. The molecule has 0 spiro atoms. The summed E-state index contributed by atoms with van der Waals surface area (Å²) in [6, 6.07) is 33.8. The molecule has 0 saturated carbocycles. The summed E-state index contributed by atoms with van der Waals surface area (Å²) in [7, 11) is 2.04. The Balaban J connectivity index is 1.57. The van der Waals surface area contributed by atoms with Gasteiger partial charge in [-0.25, -0.2) is 4.98 Å². The lowest BCUT2D eigenvalue weighted by Gasteiger charge is -2.25. The van der Waals surface area contributed by atoms with E-state index in [4.69, 9.17) is 0 Å². The van der Waals surface area contributed by atoms with Crippen molar-refractivity contribution in [2.24, 2.45) is 0 Å². The average Bonchev–Trinajstić information content (AvgIpc) is 2.96. The standard InChI is InChI=1S/C34H31N3/c1-3-4-6-11-30(35-2)21-15-28-17-23-33(24-18-28)37(32-13-7-5-8-14-32)34-25-19-29(20-26-34)16-22-31-12-9-10-27-36-31/h3-27,35H,1H2,2H3/p+2/b6-4-,21-15+,22-16+,30-11-. The minimum Gasteiger partial charge on any atom is -0.316 e. The highest BCUT2D eigenvalue weighted by Gasteiger charge is 2.12. The Morgan fingerprint density at radius 1 is 0.703 bits per heavy atom. The third kappa shape index (κ3) is 7.38. The molecule has 0 aliphatic carbocycles. The van der Waals surface area contributed by atoms with Crippen molar-refractivity contribution in [2.45, 2.75) is 0 Å². The van der Waals surface area contributed by atoms with Crippen LogP contribution in [0.25, 0.3) is 18.2 Å². The first-order chi connectivity index (χ1) is 18.3. The molecule has 3 nitrogen and oxygen atoms in total. The van der Waals surface area contributed by atoms with Gasteiger partial charge >= 0.3 is 0 Å². The molecule has 182 valence electrons. The molecule has 37 heavy (non-hydrogen) atoms. The Bertz CT molecular complexity index is 1380. The molecule has 4 aromatic rings. The van der Waals surface area contributed by atoms with Crippen molar-refractivity contribution in [1.82, 2.24) is 0 Å². The fraction of sp³-hybridized carbons (Fsp3) is 0.0294. The number of nitrogens with zero attached hydrogens (tertiary/aromatic N) is 1. The maximum Gasteiger partial charge on any atom is 0.203 e. The minimum atomic E-state index is 1.07. The molecule has 3 heteroatoms. The van der Waals surface area contributed by atoms with Crippen LogP contribution in [-0.4, -0.2) is 7.05 Å². The second kappa shape index (κ2) is 13.4. The normalized spacial score (nSPS) is 12.0. The lowest BCUT2D eigenvalue weighted by molar-refractivity contribution is -0.571. The smallest absolute Gasteiger partial charge is 0.203 e. The highest BCUT2D eigenvalue weighted by Crippen LogP contribution is 2.34. The Morgan fingerprint density at radius 2 is 1.32 bits per heavy atom. The summed E-state index contributed by atoms with van der Waals surface area (Å²) < 4.78 is 0. The van der Waals surface area contributed by atoms with E-state index in [0.29, 0.717) is 0 Å². The summed E-state index contributed by atoms with van der Waals surface area (Å²) in [5, 5.41) is 2.09. The van der Waals surface area contributed by atoms with Gasteiger partial charge in [0.2, 0.25) is 5.69 Å². The topological polar surface area (TPSA) is 34.0 Å². The summed E-state index contributed by atoms with van der Waals surface area (Å²) in [6.07, 6.45) is 18.2. The third-order valence-corrected chi connectivity index (χ3v) is 5.84. The molecule has 3 aromatic carbocycles. The van der Waals surface area contributed by atoms with Crippen LogP contribution in [0.3, 0.4) is 0 Å². The van der Waals surface area contributed by atoms with Crippen molar-refractivity contribution in [3.8, 4) is 0 Å². The molecular weight excluding hydrogens is 450 g/mol. The first-order valence-electron chi connectivity index (χ1n) is 12.4. The fourth-order valence-corrected chi connectivity index (χ4v) is 3.88. The zero-order chi connectivity index (χ0) is 25.7. The number of quaternary nitrogens is 1. The van der Waals surface area contributed by atoms with Crippen LogP contribution in [0.1, 0.15) is 16.8 Å². The summed E-state index contributed by atoms with van der Waals surface area (Å²) in [5.74, 6) is 0. The van der Waals surface area contributed by atoms with Crippen LogP contribution < -0.4 is 15.2 Å². The van der Waals surface area contributed by atoms with Crippen molar-refractivity contribution < 1.29 is 10.3 Å². The van der Waals surface area contributed by atoms with Crippen molar-refractivity contribution in [1.29, 1.82) is 0 Å². The van der Waals surface area contributed by atoms with Gasteiger partial charge in [0.05, 0.1) is 7.05 Å². The predicted molar refractivity (Wildman–Crippen MR) is 157 cm³/mol. The van der Waals surface area contributed by atoms with Crippen molar-refractivity contribution in [3.05, 3.63) is 163 Å². The largest absolute Gasteiger partial charge is 0.316 e. The van der Waals surface area contributed by atoms with E-state index in [-0.39, 0.29) is 0 Å². The van der Waals surface area contributed by atoms with Crippen LogP contribution in [0, 0.1) is 0 Å².